The minimum absolute atomic E-state index is 0.145. The molecule has 0 aliphatic heterocycles. The summed E-state index contributed by atoms with van der Waals surface area (Å²) in [6.07, 6.45) is 2.40. The number of aryl methyl sites for hydroxylation is 1. The second kappa shape index (κ2) is 10.7. The van der Waals surface area contributed by atoms with Crippen LogP contribution in [0.1, 0.15) is 36.2 Å². The Labute approximate surface area is 158 Å². The topological polar surface area (TPSA) is 113 Å². The van der Waals surface area contributed by atoms with Crippen LogP contribution in [0.15, 0.2) is 18.2 Å². The first-order valence-electron chi connectivity index (χ1n) is 8.49. The second-order valence-corrected chi connectivity index (χ2v) is 7.45. The second-order valence-electron chi connectivity index (χ2n) is 6.47. The number of rotatable bonds is 9. The highest BCUT2D eigenvalue weighted by Crippen LogP contribution is 2.17. The number of anilines is 1. The van der Waals surface area contributed by atoms with Crippen molar-refractivity contribution in [3.63, 3.8) is 0 Å². The largest absolute Gasteiger partial charge is 0.352 e. The van der Waals surface area contributed by atoms with Crippen LogP contribution in [0.2, 0.25) is 0 Å². The van der Waals surface area contributed by atoms with E-state index in [0.717, 1.165) is 5.56 Å². The number of thioether (sulfide) groups is 1. The molecule has 1 atom stereocenters. The van der Waals surface area contributed by atoms with E-state index in [2.05, 4.69) is 16.0 Å². The highest BCUT2D eigenvalue weighted by molar-refractivity contribution is 7.98. The highest BCUT2D eigenvalue weighted by Gasteiger charge is 2.20. The zero-order chi connectivity index (χ0) is 19.7. The number of hydrogen-bond acceptors (Lipinski definition) is 4. The summed E-state index contributed by atoms with van der Waals surface area (Å²) in [5.74, 6) is 0.604. The number of carbonyl (C=O) groups excluding carboxylic acids is 3. The summed E-state index contributed by atoms with van der Waals surface area (Å²) in [4.78, 5) is 35.7. The molecular formula is C18H28N4O3S. The van der Waals surface area contributed by atoms with E-state index < -0.39 is 12.1 Å². The maximum absolute atomic E-state index is 12.4. The van der Waals surface area contributed by atoms with Gasteiger partial charge < -0.3 is 21.7 Å². The molecular weight excluding hydrogens is 352 g/mol. The lowest BCUT2D eigenvalue weighted by Gasteiger charge is -2.18. The van der Waals surface area contributed by atoms with Gasteiger partial charge in [-0.15, -0.1) is 0 Å². The van der Waals surface area contributed by atoms with Gasteiger partial charge in [-0.1, -0.05) is 13.8 Å². The van der Waals surface area contributed by atoms with Crippen LogP contribution in [0.4, 0.5) is 10.5 Å². The summed E-state index contributed by atoms with van der Waals surface area (Å²) in [6.45, 7) is 6.47. The van der Waals surface area contributed by atoms with Crippen LogP contribution in [-0.4, -0.2) is 42.4 Å². The summed E-state index contributed by atoms with van der Waals surface area (Å²) in [7, 11) is 0. The minimum Gasteiger partial charge on any atom is -0.352 e. The Morgan fingerprint density at radius 1 is 1.23 bits per heavy atom. The zero-order valence-corrected chi connectivity index (χ0v) is 16.5. The molecule has 4 amide bonds. The van der Waals surface area contributed by atoms with Crippen molar-refractivity contribution < 1.29 is 14.4 Å². The van der Waals surface area contributed by atoms with Crippen molar-refractivity contribution in [1.29, 1.82) is 0 Å². The predicted octanol–water partition coefficient (Wildman–Crippen LogP) is 2.11. The van der Waals surface area contributed by atoms with Gasteiger partial charge >= 0.3 is 6.03 Å². The van der Waals surface area contributed by atoms with Crippen molar-refractivity contribution >= 4 is 35.3 Å². The molecule has 0 saturated heterocycles. The van der Waals surface area contributed by atoms with Gasteiger partial charge in [0.25, 0.3) is 5.91 Å². The number of carbonyl (C=O) groups is 3. The lowest BCUT2D eigenvalue weighted by Crippen LogP contribution is -2.46. The Kier molecular flexibility index (Phi) is 8.98. The van der Waals surface area contributed by atoms with Crippen molar-refractivity contribution in [3.8, 4) is 0 Å². The summed E-state index contributed by atoms with van der Waals surface area (Å²) < 4.78 is 0. The molecule has 0 radical (unpaired) electrons. The van der Waals surface area contributed by atoms with E-state index >= 15 is 0 Å². The monoisotopic (exact) mass is 380 g/mol. The van der Waals surface area contributed by atoms with Crippen molar-refractivity contribution in [3.05, 3.63) is 29.3 Å². The Morgan fingerprint density at radius 3 is 2.46 bits per heavy atom. The standard InChI is InChI=1S/C18H28N4O3S/c1-11(2)10-20-16(23)13-5-6-14(12(3)9-13)21-17(24)15(7-8-26-4)22-18(19)25/h5-6,9,11,15H,7-8,10H2,1-4H3,(H,20,23)(H,21,24)(H3,19,22,25). The van der Waals surface area contributed by atoms with Gasteiger partial charge in [-0.25, -0.2) is 4.79 Å². The fraction of sp³-hybridized carbons (Fsp3) is 0.500. The van der Waals surface area contributed by atoms with Gasteiger partial charge in [-0.2, -0.15) is 11.8 Å². The van der Waals surface area contributed by atoms with Crippen LogP contribution in [0.5, 0.6) is 0 Å². The number of urea groups is 1. The molecule has 0 fully saturated rings. The molecule has 1 aromatic rings. The summed E-state index contributed by atoms with van der Waals surface area (Å²) in [6, 6.07) is 3.64. The average Bonchev–Trinajstić information content (AvgIpc) is 2.57. The van der Waals surface area contributed by atoms with Gasteiger partial charge in [0.1, 0.15) is 6.04 Å². The molecule has 0 aliphatic carbocycles. The SMILES string of the molecule is CSCCC(NC(N)=O)C(=O)Nc1ccc(C(=O)NCC(C)C)cc1C. The van der Waals surface area contributed by atoms with E-state index in [4.69, 9.17) is 5.73 Å². The first-order chi connectivity index (χ1) is 12.2. The fourth-order valence-corrected chi connectivity index (χ4v) is 2.71. The van der Waals surface area contributed by atoms with E-state index in [1.165, 1.54) is 0 Å². The van der Waals surface area contributed by atoms with Gasteiger partial charge in [0.15, 0.2) is 0 Å². The summed E-state index contributed by atoms with van der Waals surface area (Å²) in [5.41, 5.74) is 7.04. The van der Waals surface area contributed by atoms with Crippen LogP contribution >= 0.6 is 11.8 Å². The Balaban J connectivity index is 2.80. The number of amides is 4. The maximum atomic E-state index is 12.4. The molecule has 0 bridgehead atoms. The number of nitrogens with one attached hydrogen (secondary N) is 3. The summed E-state index contributed by atoms with van der Waals surface area (Å²) in [5, 5.41) is 8.11. The first kappa shape index (κ1) is 21.8. The van der Waals surface area contributed by atoms with Crippen molar-refractivity contribution in [2.75, 3.05) is 23.9 Å². The first-order valence-corrected chi connectivity index (χ1v) is 9.88. The fourth-order valence-electron chi connectivity index (χ4n) is 2.24. The minimum atomic E-state index is -0.736. The molecule has 1 aromatic carbocycles. The van der Waals surface area contributed by atoms with Crippen molar-refractivity contribution in [1.82, 2.24) is 10.6 Å². The molecule has 0 aliphatic rings. The molecule has 26 heavy (non-hydrogen) atoms. The van der Waals surface area contributed by atoms with Gasteiger partial charge in [0.2, 0.25) is 5.91 Å². The third kappa shape index (κ3) is 7.35. The number of primary amides is 1. The lowest BCUT2D eigenvalue weighted by molar-refractivity contribution is -0.117. The van der Waals surface area contributed by atoms with Crippen molar-refractivity contribution in [2.45, 2.75) is 33.2 Å². The summed E-state index contributed by atoms with van der Waals surface area (Å²) >= 11 is 1.58. The molecule has 7 nitrogen and oxygen atoms in total. The van der Waals surface area contributed by atoms with Gasteiger partial charge in [0.05, 0.1) is 0 Å². The Bertz CT molecular complexity index is 649. The molecule has 0 spiro atoms. The molecule has 0 aromatic heterocycles. The number of benzene rings is 1. The van der Waals surface area contributed by atoms with Crippen LogP contribution in [0.3, 0.4) is 0 Å². The quantitative estimate of drug-likeness (QED) is 0.525. The molecule has 1 rings (SSSR count). The normalized spacial score (nSPS) is 11.7. The van der Waals surface area contributed by atoms with Crippen LogP contribution in [0.25, 0.3) is 0 Å². The molecule has 1 unspecified atom stereocenters. The third-order valence-electron chi connectivity index (χ3n) is 3.66. The van der Waals surface area contributed by atoms with E-state index in [1.807, 2.05) is 27.0 Å². The smallest absolute Gasteiger partial charge is 0.312 e. The van der Waals surface area contributed by atoms with Crippen LogP contribution in [-0.2, 0) is 4.79 Å². The van der Waals surface area contributed by atoms with Gasteiger partial charge in [-0.3, -0.25) is 9.59 Å². The molecule has 144 valence electrons. The Hall–Kier alpha value is -2.22. The van der Waals surface area contributed by atoms with Gasteiger partial charge in [-0.05, 0) is 55.0 Å². The molecule has 8 heteroatoms. The average molecular weight is 381 g/mol. The molecule has 0 saturated carbocycles. The Morgan fingerprint density at radius 2 is 1.92 bits per heavy atom. The van der Waals surface area contributed by atoms with E-state index in [-0.39, 0.29) is 11.8 Å². The van der Waals surface area contributed by atoms with E-state index in [9.17, 15) is 14.4 Å². The highest BCUT2D eigenvalue weighted by atomic mass is 32.2. The van der Waals surface area contributed by atoms with Crippen LogP contribution in [0, 0.1) is 12.8 Å². The van der Waals surface area contributed by atoms with E-state index in [0.29, 0.717) is 35.9 Å². The van der Waals surface area contributed by atoms with Crippen LogP contribution < -0.4 is 21.7 Å². The lowest BCUT2D eigenvalue weighted by atomic mass is 10.1. The predicted molar refractivity (Wildman–Crippen MR) is 106 cm³/mol. The zero-order valence-electron chi connectivity index (χ0n) is 15.7. The third-order valence-corrected chi connectivity index (χ3v) is 4.30. The molecule has 0 heterocycles. The van der Waals surface area contributed by atoms with E-state index in [1.54, 1.807) is 30.0 Å². The van der Waals surface area contributed by atoms with Crippen molar-refractivity contribution in [2.24, 2.45) is 11.7 Å². The molecule has 5 N–H and O–H groups in total. The van der Waals surface area contributed by atoms with Gasteiger partial charge in [0, 0.05) is 17.8 Å². The number of hydrogen-bond donors (Lipinski definition) is 4. The maximum Gasteiger partial charge on any atom is 0.312 e. The number of nitrogens with two attached hydrogens (primary N) is 1.